The summed E-state index contributed by atoms with van der Waals surface area (Å²) in [6.07, 6.45) is 2.67. The molecule has 0 amide bonds. The van der Waals surface area contributed by atoms with Gasteiger partial charge in [-0.1, -0.05) is 42.5 Å². The minimum atomic E-state index is -0.221. The summed E-state index contributed by atoms with van der Waals surface area (Å²) in [5.74, 6) is 0. The van der Waals surface area contributed by atoms with Crippen molar-refractivity contribution in [3.63, 3.8) is 0 Å². The summed E-state index contributed by atoms with van der Waals surface area (Å²) in [7, 11) is 1.77. The first-order valence-corrected chi connectivity index (χ1v) is 5.36. The number of rotatable bonds is 4. The van der Waals surface area contributed by atoms with Crippen LogP contribution in [-0.2, 0) is 11.2 Å². The Morgan fingerprint density at radius 3 is 2.62 bits per heavy atom. The van der Waals surface area contributed by atoms with E-state index in [4.69, 9.17) is 0 Å². The number of fused-ring (bicyclic) bond motifs is 1. The van der Waals surface area contributed by atoms with Crippen molar-refractivity contribution in [1.82, 2.24) is 5.32 Å². The molecule has 1 atom stereocenters. The van der Waals surface area contributed by atoms with Crippen LogP contribution in [-0.4, -0.2) is 19.4 Å². The van der Waals surface area contributed by atoms with E-state index >= 15 is 0 Å². The van der Waals surface area contributed by atoms with Gasteiger partial charge >= 0.3 is 0 Å². The molecule has 0 aliphatic rings. The lowest BCUT2D eigenvalue weighted by molar-refractivity contribution is 0.526. The molecular formula is C14H14NO. The van der Waals surface area contributed by atoms with Crippen LogP contribution in [0.5, 0.6) is 0 Å². The fourth-order valence-electron chi connectivity index (χ4n) is 1.80. The predicted molar refractivity (Wildman–Crippen MR) is 66.2 cm³/mol. The van der Waals surface area contributed by atoms with Crippen LogP contribution >= 0.6 is 0 Å². The molecule has 0 unspecified atom stereocenters. The molecule has 0 saturated carbocycles. The average Bonchev–Trinajstić information content (AvgIpc) is 2.35. The van der Waals surface area contributed by atoms with Crippen molar-refractivity contribution in [2.24, 2.45) is 0 Å². The molecule has 0 spiro atoms. The highest BCUT2D eigenvalue weighted by atomic mass is 16.1. The minimum absolute atomic E-state index is 0.221. The Hall–Kier alpha value is -1.67. The zero-order valence-electron chi connectivity index (χ0n) is 9.23. The van der Waals surface area contributed by atoms with Crippen molar-refractivity contribution in [2.75, 3.05) is 7.05 Å². The normalized spacial score (nSPS) is 12.6. The molecule has 2 rings (SSSR count). The zero-order valence-corrected chi connectivity index (χ0v) is 9.23. The Morgan fingerprint density at radius 1 is 1.19 bits per heavy atom. The first-order valence-electron chi connectivity index (χ1n) is 5.36. The molecule has 0 aromatic heterocycles. The molecule has 0 aliphatic heterocycles. The second-order valence-electron chi connectivity index (χ2n) is 3.84. The maximum Gasteiger partial charge on any atom is 0.217 e. The molecule has 2 heteroatoms. The molecule has 0 fully saturated rings. The topological polar surface area (TPSA) is 29.1 Å². The second kappa shape index (κ2) is 4.90. The Bertz CT molecular complexity index is 493. The lowest BCUT2D eigenvalue weighted by Crippen LogP contribution is -2.28. The number of nitrogens with one attached hydrogen (secondary N) is 1. The van der Waals surface area contributed by atoms with Crippen molar-refractivity contribution < 1.29 is 4.79 Å². The van der Waals surface area contributed by atoms with Gasteiger partial charge in [-0.15, -0.1) is 0 Å². The zero-order chi connectivity index (χ0) is 11.4. The molecule has 81 valence electrons. The molecule has 0 heterocycles. The summed E-state index contributed by atoms with van der Waals surface area (Å²) in [6, 6.07) is 14.3. The summed E-state index contributed by atoms with van der Waals surface area (Å²) in [6.45, 7) is 0. The lowest BCUT2D eigenvalue weighted by Gasteiger charge is -2.08. The molecule has 2 aromatic rings. The Balaban J connectivity index is 2.28. The third-order valence-electron chi connectivity index (χ3n) is 2.74. The van der Waals surface area contributed by atoms with Gasteiger partial charge in [0, 0.05) is 0 Å². The highest BCUT2D eigenvalue weighted by Gasteiger charge is 2.06. The van der Waals surface area contributed by atoms with E-state index in [0.29, 0.717) is 6.42 Å². The Morgan fingerprint density at radius 2 is 1.94 bits per heavy atom. The van der Waals surface area contributed by atoms with Crippen LogP contribution < -0.4 is 5.32 Å². The van der Waals surface area contributed by atoms with Crippen molar-refractivity contribution in [3.05, 3.63) is 48.0 Å². The van der Waals surface area contributed by atoms with Crippen LogP contribution in [0.1, 0.15) is 5.56 Å². The van der Waals surface area contributed by atoms with Crippen LogP contribution in [0.15, 0.2) is 42.5 Å². The third kappa shape index (κ3) is 2.28. The SMILES string of the molecule is CN[C@H]([C]=O)Cc1ccc2ccccc2c1. The van der Waals surface area contributed by atoms with Gasteiger partial charge in [-0.2, -0.15) is 0 Å². The maximum atomic E-state index is 10.6. The predicted octanol–water partition coefficient (Wildman–Crippen LogP) is 2.08. The number of hydrogen-bond donors (Lipinski definition) is 1. The van der Waals surface area contributed by atoms with Gasteiger partial charge in [-0.3, -0.25) is 4.79 Å². The summed E-state index contributed by atoms with van der Waals surface area (Å²) in [4.78, 5) is 10.6. The summed E-state index contributed by atoms with van der Waals surface area (Å²) < 4.78 is 0. The Kier molecular flexibility index (Phi) is 3.32. The fraction of sp³-hybridized carbons (Fsp3) is 0.214. The summed E-state index contributed by atoms with van der Waals surface area (Å²) in [5, 5.41) is 5.36. The van der Waals surface area contributed by atoms with Gasteiger partial charge in [0.25, 0.3) is 0 Å². The number of carbonyl (C=O) groups excluding carboxylic acids is 1. The largest absolute Gasteiger partial charge is 0.310 e. The first kappa shape index (κ1) is 10.8. The highest BCUT2D eigenvalue weighted by molar-refractivity contribution is 5.83. The minimum Gasteiger partial charge on any atom is -0.310 e. The van der Waals surface area contributed by atoms with E-state index in [-0.39, 0.29) is 6.04 Å². The van der Waals surface area contributed by atoms with Crippen molar-refractivity contribution >= 4 is 17.1 Å². The van der Waals surface area contributed by atoms with Crippen LogP contribution in [0.3, 0.4) is 0 Å². The number of benzene rings is 2. The van der Waals surface area contributed by atoms with Gasteiger partial charge in [0.1, 0.15) is 0 Å². The molecule has 16 heavy (non-hydrogen) atoms. The van der Waals surface area contributed by atoms with Gasteiger partial charge in [0.05, 0.1) is 6.04 Å². The van der Waals surface area contributed by atoms with Gasteiger partial charge < -0.3 is 5.32 Å². The molecular weight excluding hydrogens is 198 g/mol. The quantitative estimate of drug-likeness (QED) is 0.840. The van der Waals surface area contributed by atoms with E-state index in [1.807, 2.05) is 18.4 Å². The van der Waals surface area contributed by atoms with E-state index in [0.717, 1.165) is 5.56 Å². The second-order valence-corrected chi connectivity index (χ2v) is 3.84. The number of hydrogen-bond acceptors (Lipinski definition) is 2. The Labute approximate surface area is 95.3 Å². The number of likely N-dealkylation sites (N-methyl/N-ethyl adjacent to an activating group) is 1. The van der Waals surface area contributed by atoms with Gasteiger partial charge in [-0.05, 0) is 29.8 Å². The van der Waals surface area contributed by atoms with Crippen LogP contribution in [0.2, 0.25) is 0 Å². The summed E-state index contributed by atoms with van der Waals surface area (Å²) >= 11 is 0. The first-order chi connectivity index (χ1) is 7.83. The molecule has 0 saturated heterocycles. The average molecular weight is 212 g/mol. The van der Waals surface area contributed by atoms with Crippen LogP contribution in [0, 0.1) is 0 Å². The van der Waals surface area contributed by atoms with Crippen molar-refractivity contribution in [1.29, 1.82) is 0 Å². The van der Waals surface area contributed by atoms with E-state index in [9.17, 15) is 4.79 Å². The van der Waals surface area contributed by atoms with Crippen molar-refractivity contribution in [3.8, 4) is 0 Å². The molecule has 1 radical (unpaired) electrons. The van der Waals surface area contributed by atoms with E-state index in [2.05, 4.69) is 35.6 Å². The van der Waals surface area contributed by atoms with Crippen LogP contribution in [0.4, 0.5) is 0 Å². The van der Waals surface area contributed by atoms with Crippen molar-refractivity contribution in [2.45, 2.75) is 12.5 Å². The monoisotopic (exact) mass is 212 g/mol. The van der Waals surface area contributed by atoms with E-state index < -0.39 is 0 Å². The standard InChI is InChI=1S/C14H14NO/c1-15-14(10-16)9-11-6-7-12-4-2-3-5-13(12)8-11/h2-8,14-15H,9H2,1H3/t14-/m0/s1. The third-order valence-corrected chi connectivity index (χ3v) is 2.74. The van der Waals surface area contributed by atoms with Crippen LogP contribution in [0.25, 0.3) is 10.8 Å². The molecule has 2 nitrogen and oxygen atoms in total. The molecule has 1 N–H and O–H groups in total. The van der Waals surface area contributed by atoms with E-state index in [1.54, 1.807) is 7.05 Å². The molecule has 2 aromatic carbocycles. The summed E-state index contributed by atoms with van der Waals surface area (Å²) in [5.41, 5.74) is 1.15. The lowest BCUT2D eigenvalue weighted by atomic mass is 10.0. The van der Waals surface area contributed by atoms with E-state index in [1.165, 1.54) is 10.8 Å². The highest BCUT2D eigenvalue weighted by Crippen LogP contribution is 2.16. The smallest absolute Gasteiger partial charge is 0.217 e. The van der Waals surface area contributed by atoms with Gasteiger partial charge in [-0.25, -0.2) is 0 Å². The van der Waals surface area contributed by atoms with Gasteiger partial charge in [0.15, 0.2) is 0 Å². The van der Waals surface area contributed by atoms with Gasteiger partial charge in [0.2, 0.25) is 6.29 Å². The fourth-order valence-corrected chi connectivity index (χ4v) is 1.80. The molecule has 0 bridgehead atoms. The maximum absolute atomic E-state index is 10.6. The molecule has 0 aliphatic carbocycles.